The summed E-state index contributed by atoms with van der Waals surface area (Å²) in [5, 5.41) is 11.5. The van der Waals surface area contributed by atoms with Gasteiger partial charge in [0.25, 0.3) is 10.0 Å². The maximum atomic E-state index is 13.6. The largest absolute Gasteiger partial charge is 0.382 e. The first-order valence-electron chi connectivity index (χ1n) is 9.27. The monoisotopic (exact) mass is 438 g/mol. The molecule has 0 aliphatic rings. The Hall–Kier alpha value is -2.93. The van der Waals surface area contributed by atoms with E-state index in [9.17, 15) is 13.5 Å². The molecule has 0 saturated heterocycles. The molecule has 0 spiro atoms. The fraction of sp³-hybridized carbons (Fsp3) is 0.0870. The Bertz CT molecular complexity index is 1270. The zero-order chi connectivity index (χ0) is 21.3. The highest BCUT2D eigenvalue weighted by molar-refractivity contribution is 7.90. The van der Waals surface area contributed by atoms with E-state index in [1.807, 2.05) is 25.1 Å². The first-order chi connectivity index (χ1) is 14.4. The van der Waals surface area contributed by atoms with Crippen LogP contribution in [0, 0.1) is 6.92 Å². The van der Waals surface area contributed by atoms with Gasteiger partial charge in [0.15, 0.2) is 5.82 Å². The van der Waals surface area contributed by atoms with Crippen molar-refractivity contribution in [1.29, 1.82) is 0 Å². The first-order valence-corrected chi connectivity index (χ1v) is 11.1. The third-order valence-corrected chi connectivity index (χ3v) is 6.79. The van der Waals surface area contributed by atoms with Crippen molar-refractivity contribution < 1.29 is 13.5 Å². The van der Waals surface area contributed by atoms with Gasteiger partial charge in [0.2, 0.25) is 0 Å². The van der Waals surface area contributed by atoms with E-state index in [1.165, 1.54) is 6.20 Å². The molecule has 4 rings (SSSR count). The summed E-state index contributed by atoms with van der Waals surface area (Å²) in [5.74, 6) is 0.235. The number of aliphatic hydroxyl groups excluding tert-OH is 1. The lowest BCUT2D eigenvalue weighted by atomic mass is 10.1. The average Bonchev–Trinajstić information content (AvgIpc) is 3.21. The molecule has 1 heterocycles. The Balaban J connectivity index is 1.93. The van der Waals surface area contributed by atoms with Crippen LogP contribution in [-0.2, 0) is 10.0 Å². The van der Waals surface area contributed by atoms with Crippen LogP contribution in [0.25, 0.3) is 11.4 Å². The second-order valence-corrected chi connectivity index (χ2v) is 9.13. The summed E-state index contributed by atoms with van der Waals surface area (Å²) in [4.78, 5) is 4.48. The summed E-state index contributed by atoms with van der Waals surface area (Å²) in [7, 11) is -4.01. The molecule has 0 amide bonds. The maximum Gasteiger partial charge on any atom is 0.269 e. The number of hydrogen-bond acceptors (Lipinski definition) is 4. The topological polar surface area (TPSA) is 72.2 Å². The molecule has 0 radical (unpaired) electrons. The fourth-order valence-electron chi connectivity index (χ4n) is 3.20. The minimum absolute atomic E-state index is 0.118. The zero-order valence-electron chi connectivity index (χ0n) is 16.1. The van der Waals surface area contributed by atoms with Crippen molar-refractivity contribution in [1.82, 2.24) is 8.96 Å². The number of aromatic nitrogens is 2. The van der Waals surface area contributed by atoms with Gasteiger partial charge in [-0.3, -0.25) is 0 Å². The Morgan fingerprint density at radius 1 is 0.933 bits per heavy atom. The van der Waals surface area contributed by atoms with Gasteiger partial charge in [-0.05, 0) is 36.8 Å². The van der Waals surface area contributed by atoms with E-state index in [4.69, 9.17) is 11.6 Å². The number of aliphatic hydroxyl groups is 1. The van der Waals surface area contributed by atoms with Gasteiger partial charge in [0, 0.05) is 10.6 Å². The molecular weight excluding hydrogens is 420 g/mol. The number of halogens is 1. The quantitative estimate of drug-likeness (QED) is 0.484. The van der Waals surface area contributed by atoms with Crippen molar-refractivity contribution >= 4 is 21.6 Å². The lowest BCUT2D eigenvalue weighted by Crippen LogP contribution is -2.19. The van der Waals surface area contributed by atoms with Crippen molar-refractivity contribution in [3.05, 3.63) is 107 Å². The average molecular weight is 439 g/mol. The van der Waals surface area contributed by atoms with Crippen molar-refractivity contribution in [2.24, 2.45) is 0 Å². The molecule has 152 valence electrons. The second kappa shape index (κ2) is 8.07. The summed E-state index contributed by atoms with van der Waals surface area (Å²) in [6.45, 7) is 1.89. The smallest absolute Gasteiger partial charge is 0.269 e. The normalized spacial score (nSPS) is 12.6. The molecule has 0 aliphatic heterocycles. The maximum absolute atomic E-state index is 13.6. The van der Waals surface area contributed by atoms with Gasteiger partial charge in [-0.25, -0.2) is 17.4 Å². The summed E-state index contributed by atoms with van der Waals surface area (Å²) >= 11 is 5.95. The van der Waals surface area contributed by atoms with Crippen molar-refractivity contribution in [2.75, 3.05) is 0 Å². The van der Waals surface area contributed by atoms with Crippen molar-refractivity contribution in [2.45, 2.75) is 17.9 Å². The second-order valence-electron chi connectivity index (χ2n) is 6.91. The highest BCUT2D eigenvalue weighted by Gasteiger charge is 2.29. The molecule has 3 aromatic carbocycles. The van der Waals surface area contributed by atoms with Gasteiger partial charge in [-0.15, -0.1) is 0 Å². The number of aryl methyl sites for hydroxylation is 1. The Morgan fingerprint density at radius 3 is 2.20 bits per heavy atom. The van der Waals surface area contributed by atoms with E-state index in [-0.39, 0.29) is 16.4 Å². The third kappa shape index (κ3) is 3.77. The lowest BCUT2D eigenvalue weighted by molar-refractivity contribution is 0.214. The first kappa shape index (κ1) is 20.3. The summed E-state index contributed by atoms with van der Waals surface area (Å²) in [6, 6.07) is 22.2. The standard InChI is InChI=1S/C23H19ClN2O3S/c1-16-7-13-20(14-8-16)30(28,29)26-21(22(27)17-9-11-19(24)12-10-17)15-25-23(26)18-5-3-2-4-6-18/h2-15,22,27H,1H3. The summed E-state index contributed by atoms with van der Waals surface area (Å²) in [5.41, 5.74) is 2.24. The fourth-order valence-corrected chi connectivity index (χ4v) is 4.82. The molecule has 1 atom stereocenters. The highest BCUT2D eigenvalue weighted by atomic mass is 35.5. The molecule has 1 aromatic heterocycles. The van der Waals surface area contributed by atoms with Crippen LogP contribution in [0.3, 0.4) is 0 Å². The summed E-state index contributed by atoms with van der Waals surface area (Å²) < 4.78 is 28.3. The van der Waals surface area contributed by atoms with Crippen LogP contribution in [0.5, 0.6) is 0 Å². The van der Waals surface area contributed by atoms with Crippen LogP contribution in [0.4, 0.5) is 0 Å². The van der Waals surface area contributed by atoms with Crippen LogP contribution in [0.15, 0.2) is 90.0 Å². The van der Waals surface area contributed by atoms with Crippen LogP contribution in [-0.4, -0.2) is 22.5 Å². The van der Waals surface area contributed by atoms with Crippen molar-refractivity contribution in [3.8, 4) is 11.4 Å². The Morgan fingerprint density at radius 2 is 1.57 bits per heavy atom. The predicted octanol–water partition coefficient (Wildman–Crippen LogP) is 4.83. The number of rotatable bonds is 5. The van der Waals surface area contributed by atoms with Gasteiger partial charge < -0.3 is 5.11 Å². The molecule has 4 aromatic rings. The predicted molar refractivity (Wildman–Crippen MR) is 117 cm³/mol. The Labute approximate surface area is 180 Å². The number of imidazole rings is 1. The molecule has 7 heteroatoms. The van der Waals surface area contributed by atoms with E-state index >= 15 is 0 Å². The summed E-state index contributed by atoms with van der Waals surface area (Å²) in [6.07, 6.45) is 0.195. The van der Waals surface area contributed by atoms with Gasteiger partial charge >= 0.3 is 0 Å². The van der Waals surface area contributed by atoms with E-state index in [0.717, 1.165) is 9.54 Å². The molecule has 5 nitrogen and oxygen atoms in total. The van der Waals surface area contributed by atoms with E-state index in [1.54, 1.807) is 60.7 Å². The van der Waals surface area contributed by atoms with Crippen LogP contribution in [0.1, 0.15) is 22.9 Å². The molecular formula is C23H19ClN2O3S. The van der Waals surface area contributed by atoms with Gasteiger partial charge in [-0.2, -0.15) is 0 Å². The lowest BCUT2D eigenvalue weighted by Gasteiger charge is -2.17. The molecule has 30 heavy (non-hydrogen) atoms. The van der Waals surface area contributed by atoms with Gasteiger partial charge in [0.1, 0.15) is 6.10 Å². The van der Waals surface area contributed by atoms with E-state index in [2.05, 4.69) is 4.98 Å². The highest BCUT2D eigenvalue weighted by Crippen LogP contribution is 2.31. The van der Waals surface area contributed by atoms with Crippen LogP contribution in [0.2, 0.25) is 5.02 Å². The third-order valence-electron chi connectivity index (χ3n) is 4.80. The number of nitrogens with zero attached hydrogens (tertiary/aromatic N) is 2. The van der Waals surface area contributed by atoms with E-state index in [0.29, 0.717) is 16.1 Å². The van der Waals surface area contributed by atoms with Gasteiger partial charge in [-0.1, -0.05) is 71.8 Å². The molecule has 0 saturated carbocycles. The van der Waals surface area contributed by atoms with Gasteiger partial charge in [0.05, 0.1) is 16.8 Å². The Kier molecular flexibility index (Phi) is 5.47. The minimum atomic E-state index is -4.01. The zero-order valence-corrected chi connectivity index (χ0v) is 17.7. The molecule has 0 bridgehead atoms. The van der Waals surface area contributed by atoms with E-state index < -0.39 is 16.1 Å². The molecule has 1 unspecified atom stereocenters. The minimum Gasteiger partial charge on any atom is -0.382 e. The van der Waals surface area contributed by atoms with Crippen molar-refractivity contribution in [3.63, 3.8) is 0 Å². The molecule has 0 aliphatic carbocycles. The molecule has 1 N–H and O–H groups in total. The number of hydrogen-bond donors (Lipinski definition) is 1. The van der Waals surface area contributed by atoms with Crippen LogP contribution >= 0.6 is 11.6 Å². The number of benzene rings is 3. The molecule has 0 fully saturated rings. The SMILES string of the molecule is Cc1ccc(S(=O)(=O)n2c(C(O)c3ccc(Cl)cc3)cnc2-c2ccccc2)cc1. The van der Waals surface area contributed by atoms with Crippen LogP contribution < -0.4 is 0 Å².